The lowest BCUT2D eigenvalue weighted by Gasteiger charge is -2.25. The molecule has 0 saturated heterocycles. The summed E-state index contributed by atoms with van der Waals surface area (Å²) in [5.74, 6) is 1.86. The summed E-state index contributed by atoms with van der Waals surface area (Å²) in [7, 11) is 3.40. The van der Waals surface area contributed by atoms with Crippen molar-refractivity contribution in [3.8, 4) is 5.75 Å². The number of thioether (sulfide) groups is 1. The predicted molar refractivity (Wildman–Crippen MR) is 60.9 cm³/mol. The lowest BCUT2D eigenvalue weighted by atomic mass is 10.0. The van der Waals surface area contributed by atoms with Crippen LogP contribution in [0.5, 0.6) is 5.75 Å². The second-order valence-electron chi connectivity index (χ2n) is 3.51. The molecule has 0 saturated carbocycles. The van der Waals surface area contributed by atoms with Crippen molar-refractivity contribution in [3.05, 3.63) is 29.1 Å². The maximum absolute atomic E-state index is 13.9. The Labute approximate surface area is 93.2 Å². The zero-order chi connectivity index (χ0) is 10.8. The number of fused-ring (bicyclic) bond motifs is 1. The van der Waals surface area contributed by atoms with Crippen LogP contribution in [-0.2, 0) is 5.75 Å². The summed E-state index contributed by atoms with van der Waals surface area (Å²) in [6, 6.07) is 3.91. The average molecular weight is 227 g/mol. The minimum Gasteiger partial charge on any atom is -0.494 e. The van der Waals surface area contributed by atoms with Crippen LogP contribution in [0, 0.1) is 5.82 Å². The van der Waals surface area contributed by atoms with Gasteiger partial charge in [-0.05, 0) is 18.7 Å². The number of nitrogens with one attached hydrogen (secondary N) is 1. The van der Waals surface area contributed by atoms with Gasteiger partial charge in [-0.3, -0.25) is 0 Å². The van der Waals surface area contributed by atoms with E-state index in [-0.39, 0.29) is 11.9 Å². The van der Waals surface area contributed by atoms with Gasteiger partial charge in [-0.1, -0.05) is 6.07 Å². The second-order valence-corrected chi connectivity index (χ2v) is 4.54. The Morgan fingerprint density at radius 1 is 1.53 bits per heavy atom. The highest BCUT2D eigenvalue weighted by Crippen LogP contribution is 2.36. The highest BCUT2D eigenvalue weighted by molar-refractivity contribution is 7.98. The molecule has 0 aromatic heterocycles. The molecule has 0 amide bonds. The van der Waals surface area contributed by atoms with Crippen LogP contribution in [0.1, 0.15) is 17.2 Å². The Bertz CT molecular complexity index is 370. The number of rotatable bonds is 2. The summed E-state index contributed by atoms with van der Waals surface area (Å²) in [6.45, 7) is 0. The molecule has 4 heteroatoms. The van der Waals surface area contributed by atoms with E-state index in [1.165, 1.54) is 7.11 Å². The van der Waals surface area contributed by atoms with E-state index in [1.54, 1.807) is 17.8 Å². The molecule has 0 spiro atoms. The quantitative estimate of drug-likeness (QED) is 0.838. The van der Waals surface area contributed by atoms with Gasteiger partial charge in [0.05, 0.1) is 7.11 Å². The van der Waals surface area contributed by atoms with E-state index < -0.39 is 0 Å². The van der Waals surface area contributed by atoms with Gasteiger partial charge in [-0.15, -0.1) is 0 Å². The summed E-state index contributed by atoms with van der Waals surface area (Å²) in [5.41, 5.74) is 1.85. The van der Waals surface area contributed by atoms with Crippen LogP contribution in [0.3, 0.4) is 0 Å². The maximum Gasteiger partial charge on any atom is 0.169 e. The Hall–Kier alpha value is -0.740. The monoisotopic (exact) mass is 227 g/mol. The molecular formula is C11H14FNOS. The van der Waals surface area contributed by atoms with Gasteiger partial charge in [0.1, 0.15) is 0 Å². The van der Waals surface area contributed by atoms with Crippen molar-refractivity contribution in [1.29, 1.82) is 0 Å². The van der Waals surface area contributed by atoms with Crippen LogP contribution < -0.4 is 10.1 Å². The van der Waals surface area contributed by atoms with Crippen molar-refractivity contribution >= 4 is 11.8 Å². The molecule has 1 N–H and O–H groups in total. The van der Waals surface area contributed by atoms with Crippen molar-refractivity contribution < 1.29 is 9.13 Å². The summed E-state index contributed by atoms with van der Waals surface area (Å²) in [4.78, 5) is 0. The molecule has 1 atom stereocenters. The summed E-state index contributed by atoms with van der Waals surface area (Å²) in [6.07, 6.45) is 0. The number of ether oxygens (including phenoxy) is 1. The van der Waals surface area contributed by atoms with E-state index in [2.05, 4.69) is 5.32 Å². The Morgan fingerprint density at radius 3 is 3.00 bits per heavy atom. The third-order valence-electron chi connectivity index (χ3n) is 2.72. The Morgan fingerprint density at radius 2 is 2.33 bits per heavy atom. The largest absolute Gasteiger partial charge is 0.494 e. The fraction of sp³-hybridized carbons (Fsp3) is 0.455. The average Bonchev–Trinajstić information content (AvgIpc) is 2.29. The van der Waals surface area contributed by atoms with Gasteiger partial charge in [0.2, 0.25) is 0 Å². The van der Waals surface area contributed by atoms with Gasteiger partial charge < -0.3 is 10.1 Å². The van der Waals surface area contributed by atoms with E-state index in [1.807, 2.05) is 13.1 Å². The number of methoxy groups -OCH3 is 1. The molecule has 0 bridgehead atoms. The molecule has 1 unspecified atom stereocenters. The molecule has 1 aliphatic heterocycles. The van der Waals surface area contributed by atoms with Crippen molar-refractivity contribution in [1.82, 2.24) is 5.32 Å². The molecule has 0 fully saturated rings. The molecule has 2 rings (SSSR count). The second kappa shape index (κ2) is 4.41. The van der Waals surface area contributed by atoms with Crippen molar-refractivity contribution in [2.24, 2.45) is 0 Å². The molecule has 15 heavy (non-hydrogen) atoms. The van der Waals surface area contributed by atoms with Crippen LogP contribution in [0.4, 0.5) is 4.39 Å². The van der Waals surface area contributed by atoms with Crippen LogP contribution >= 0.6 is 11.8 Å². The first-order valence-electron chi connectivity index (χ1n) is 4.88. The Balaban J connectivity index is 2.47. The fourth-order valence-electron chi connectivity index (χ4n) is 1.85. The van der Waals surface area contributed by atoms with Crippen LogP contribution in [0.2, 0.25) is 0 Å². The molecule has 0 radical (unpaired) electrons. The first-order valence-corrected chi connectivity index (χ1v) is 6.03. The zero-order valence-electron chi connectivity index (χ0n) is 8.84. The number of hydrogen-bond acceptors (Lipinski definition) is 3. The van der Waals surface area contributed by atoms with E-state index in [9.17, 15) is 4.39 Å². The molecule has 1 aromatic carbocycles. The zero-order valence-corrected chi connectivity index (χ0v) is 9.66. The van der Waals surface area contributed by atoms with Crippen molar-refractivity contribution in [2.75, 3.05) is 19.9 Å². The smallest absolute Gasteiger partial charge is 0.169 e. The highest BCUT2D eigenvalue weighted by Gasteiger charge is 2.23. The third-order valence-corrected chi connectivity index (χ3v) is 3.78. The molecule has 1 aromatic rings. The molecule has 1 heterocycles. The standard InChI is InChI=1S/C11H14FNOS/c1-13-9-6-15-5-8-7(9)3-4-10(14-2)11(8)12/h3-4,9,13H,5-6H2,1-2H3. The summed E-state index contributed by atoms with van der Waals surface area (Å²) >= 11 is 1.75. The normalized spacial score (nSPS) is 19.8. The lowest BCUT2D eigenvalue weighted by molar-refractivity contribution is 0.383. The predicted octanol–water partition coefficient (Wildman–Crippen LogP) is 2.34. The minimum atomic E-state index is -0.206. The molecule has 0 aliphatic carbocycles. The van der Waals surface area contributed by atoms with E-state index in [4.69, 9.17) is 4.74 Å². The molecule has 2 nitrogen and oxygen atoms in total. The third kappa shape index (κ3) is 1.84. The lowest BCUT2D eigenvalue weighted by Crippen LogP contribution is -2.23. The topological polar surface area (TPSA) is 21.3 Å². The highest BCUT2D eigenvalue weighted by atomic mass is 32.2. The van der Waals surface area contributed by atoms with Crippen LogP contribution in [0.15, 0.2) is 12.1 Å². The fourth-order valence-corrected chi connectivity index (χ4v) is 3.05. The van der Waals surface area contributed by atoms with Gasteiger partial charge >= 0.3 is 0 Å². The summed E-state index contributed by atoms with van der Waals surface area (Å²) in [5, 5.41) is 3.20. The number of hydrogen-bond donors (Lipinski definition) is 1. The van der Waals surface area contributed by atoms with Gasteiger partial charge in [0.15, 0.2) is 11.6 Å². The van der Waals surface area contributed by atoms with Gasteiger partial charge in [0.25, 0.3) is 0 Å². The van der Waals surface area contributed by atoms with Crippen LogP contribution in [-0.4, -0.2) is 19.9 Å². The van der Waals surface area contributed by atoms with Gasteiger partial charge in [-0.25, -0.2) is 4.39 Å². The summed E-state index contributed by atoms with van der Waals surface area (Å²) < 4.78 is 18.9. The molecular weight excluding hydrogens is 213 g/mol. The number of benzene rings is 1. The van der Waals surface area contributed by atoms with Gasteiger partial charge in [0, 0.05) is 23.1 Å². The first kappa shape index (κ1) is 10.8. The first-order chi connectivity index (χ1) is 7.27. The maximum atomic E-state index is 13.9. The van der Waals surface area contributed by atoms with Crippen molar-refractivity contribution in [3.63, 3.8) is 0 Å². The SMILES string of the molecule is CNC1CSCc2c1ccc(OC)c2F. The van der Waals surface area contributed by atoms with E-state index >= 15 is 0 Å². The molecule has 1 aliphatic rings. The van der Waals surface area contributed by atoms with Gasteiger partial charge in [-0.2, -0.15) is 11.8 Å². The Kier molecular flexibility index (Phi) is 3.17. The van der Waals surface area contributed by atoms with E-state index in [0.717, 1.165) is 22.6 Å². The van der Waals surface area contributed by atoms with Crippen LogP contribution in [0.25, 0.3) is 0 Å². The minimum absolute atomic E-state index is 0.206. The molecule has 82 valence electrons. The number of halogens is 1. The van der Waals surface area contributed by atoms with Crippen molar-refractivity contribution in [2.45, 2.75) is 11.8 Å². The van der Waals surface area contributed by atoms with E-state index in [0.29, 0.717) is 5.75 Å².